The van der Waals surface area contributed by atoms with Gasteiger partial charge in [-0.25, -0.2) is 0 Å². The van der Waals surface area contributed by atoms with Gasteiger partial charge in [0.2, 0.25) is 5.91 Å². The van der Waals surface area contributed by atoms with Crippen LogP contribution < -0.4 is 10.1 Å². The molecule has 20 heavy (non-hydrogen) atoms. The van der Waals surface area contributed by atoms with Crippen molar-refractivity contribution in [2.24, 2.45) is 0 Å². The fourth-order valence-corrected chi connectivity index (χ4v) is 2.82. The maximum atomic E-state index is 12.5. The van der Waals surface area contributed by atoms with Crippen molar-refractivity contribution in [3.63, 3.8) is 0 Å². The summed E-state index contributed by atoms with van der Waals surface area (Å²) in [5.74, 6) is 0.435. The van der Waals surface area contributed by atoms with Crippen LogP contribution in [-0.4, -0.2) is 41.9 Å². The average molecular weight is 295 g/mol. The normalized spacial score (nSPS) is 24.9. The average Bonchev–Trinajstić information content (AvgIpc) is 2.84. The molecule has 0 spiro atoms. The predicted octanol–water partition coefficient (Wildman–Crippen LogP) is 0.990. The summed E-state index contributed by atoms with van der Waals surface area (Å²) in [6.07, 6.45) is -0.0589. The van der Waals surface area contributed by atoms with Gasteiger partial charge < -0.3 is 15.0 Å². The Morgan fingerprint density at radius 2 is 2.30 bits per heavy atom. The minimum Gasteiger partial charge on any atom is -0.480 e. The topological polar surface area (TPSA) is 58.6 Å². The molecule has 0 bridgehead atoms. The van der Waals surface area contributed by atoms with Gasteiger partial charge in [-0.05, 0) is 30.7 Å². The van der Waals surface area contributed by atoms with E-state index in [1.54, 1.807) is 24.0 Å². The third-order valence-corrected chi connectivity index (χ3v) is 3.99. The largest absolute Gasteiger partial charge is 0.480 e. The van der Waals surface area contributed by atoms with E-state index in [1.165, 1.54) is 0 Å². The fourth-order valence-electron chi connectivity index (χ4n) is 2.62. The second-order valence-electron chi connectivity index (χ2n) is 5.06. The molecule has 2 aliphatic heterocycles. The highest BCUT2D eigenvalue weighted by molar-refractivity contribution is 6.30. The molecule has 5 nitrogen and oxygen atoms in total. The first-order chi connectivity index (χ1) is 9.56. The molecule has 106 valence electrons. The molecule has 2 heterocycles. The Bertz CT molecular complexity index is 576. The minimum absolute atomic E-state index is 0.122. The quantitative estimate of drug-likeness (QED) is 0.840. The van der Waals surface area contributed by atoms with Crippen LogP contribution in [0.3, 0.4) is 0 Å². The Labute approximate surface area is 121 Å². The number of amides is 2. The van der Waals surface area contributed by atoms with Gasteiger partial charge in [0.25, 0.3) is 5.91 Å². The van der Waals surface area contributed by atoms with Crippen molar-refractivity contribution in [2.75, 3.05) is 13.1 Å². The van der Waals surface area contributed by atoms with Gasteiger partial charge in [-0.15, -0.1) is 0 Å². The molecular weight excluding hydrogens is 280 g/mol. The third-order valence-electron chi connectivity index (χ3n) is 3.75. The minimum atomic E-state index is -0.559. The van der Waals surface area contributed by atoms with Crippen LogP contribution >= 0.6 is 11.6 Å². The van der Waals surface area contributed by atoms with Gasteiger partial charge in [0.15, 0.2) is 6.10 Å². The molecule has 1 aromatic rings. The van der Waals surface area contributed by atoms with E-state index in [0.29, 0.717) is 30.3 Å². The monoisotopic (exact) mass is 294 g/mol. The summed E-state index contributed by atoms with van der Waals surface area (Å²) in [6.45, 7) is 2.73. The molecule has 1 aromatic carbocycles. The zero-order valence-electron chi connectivity index (χ0n) is 11.1. The number of hydrogen-bond acceptors (Lipinski definition) is 3. The summed E-state index contributed by atoms with van der Waals surface area (Å²) in [5, 5.41) is 3.37. The van der Waals surface area contributed by atoms with Crippen molar-refractivity contribution < 1.29 is 14.3 Å². The number of hydrogen-bond donors (Lipinski definition) is 1. The Balaban J connectivity index is 1.75. The summed E-state index contributed by atoms with van der Waals surface area (Å²) < 4.78 is 5.68. The van der Waals surface area contributed by atoms with Crippen molar-refractivity contribution in [1.82, 2.24) is 10.2 Å². The Hall–Kier alpha value is -1.75. The van der Waals surface area contributed by atoms with Crippen molar-refractivity contribution in [3.05, 3.63) is 28.8 Å². The molecule has 1 fully saturated rings. The molecule has 3 rings (SSSR count). The number of fused-ring (bicyclic) bond motifs is 1. The number of halogens is 1. The summed E-state index contributed by atoms with van der Waals surface area (Å²) in [6, 6.07) is 4.88. The third kappa shape index (κ3) is 2.22. The Morgan fingerprint density at radius 1 is 1.50 bits per heavy atom. The van der Waals surface area contributed by atoms with Gasteiger partial charge in [-0.1, -0.05) is 11.6 Å². The summed E-state index contributed by atoms with van der Waals surface area (Å²) in [5.41, 5.74) is 0.935. The number of benzene rings is 1. The fraction of sp³-hybridized carbons (Fsp3) is 0.429. The first-order valence-electron chi connectivity index (χ1n) is 6.59. The number of ether oxygens (including phenoxy) is 1. The number of carbonyl (C=O) groups excluding carboxylic acids is 2. The number of nitrogens with zero attached hydrogens (tertiary/aromatic N) is 1. The van der Waals surface area contributed by atoms with Crippen molar-refractivity contribution in [3.8, 4) is 5.75 Å². The maximum Gasteiger partial charge on any atom is 0.264 e. The van der Waals surface area contributed by atoms with E-state index in [1.807, 2.05) is 6.07 Å². The molecule has 1 N–H and O–H groups in total. The molecule has 1 saturated heterocycles. The first kappa shape index (κ1) is 13.2. The van der Waals surface area contributed by atoms with Crippen LogP contribution in [-0.2, 0) is 16.0 Å². The highest BCUT2D eigenvalue weighted by atomic mass is 35.5. The molecule has 2 amide bonds. The van der Waals surface area contributed by atoms with Gasteiger partial charge in [0.1, 0.15) is 11.8 Å². The predicted molar refractivity (Wildman–Crippen MR) is 73.8 cm³/mol. The summed E-state index contributed by atoms with van der Waals surface area (Å²) in [4.78, 5) is 25.7. The van der Waals surface area contributed by atoms with Gasteiger partial charge in [-0.2, -0.15) is 0 Å². The van der Waals surface area contributed by atoms with Crippen LogP contribution in [0.1, 0.15) is 12.5 Å². The highest BCUT2D eigenvalue weighted by Crippen LogP contribution is 2.32. The maximum absolute atomic E-state index is 12.5. The SMILES string of the molecule is CC1C(=O)NCCN1C(=O)C1Cc2cc(Cl)ccc2O1. The van der Waals surface area contributed by atoms with Crippen LogP contribution in [0.15, 0.2) is 18.2 Å². The van der Waals surface area contributed by atoms with Gasteiger partial charge in [0, 0.05) is 24.5 Å². The van der Waals surface area contributed by atoms with Gasteiger partial charge >= 0.3 is 0 Å². The molecule has 0 aliphatic carbocycles. The van der Waals surface area contributed by atoms with Crippen molar-refractivity contribution >= 4 is 23.4 Å². The Kier molecular flexibility index (Phi) is 3.30. The zero-order chi connectivity index (χ0) is 14.3. The van der Waals surface area contributed by atoms with Crippen LogP contribution in [0.25, 0.3) is 0 Å². The number of piperazine rings is 1. The number of nitrogens with one attached hydrogen (secondary N) is 1. The Morgan fingerprint density at radius 3 is 3.10 bits per heavy atom. The highest BCUT2D eigenvalue weighted by Gasteiger charge is 2.37. The van der Waals surface area contributed by atoms with E-state index in [0.717, 1.165) is 5.56 Å². The molecule has 6 heteroatoms. The zero-order valence-corrected chi connectivity index (χ0v) is 11.8. The van der Waals surface area contributed by atoms with E-state index >= 15 is 0 Å². The number of carbonyl (C=O) groups is 2. The molecular formula is C14H15ClN2O3. The molecule has 2 atom stereocenters. The lowest BCUT2D eigenvalue weighted by atomic mass is 10.1. The van der Waals surface area contributed by atoms with E-state index in [9.17, 15) is 9.59 Å². The smallest absolute Gasteiger partial charge is 0.264 e. The van der Waals surface area contributed by atoms with E-state index in [4.69, 9.17) is 16.3 Å². The standard InChI is InChI=1S/C14H15ClN2O3/c1-8-13(18)16-4-5-17(8)14(19)12-7-9-6-10(15)2-3-11(9)20-12/h2-3,6,8,12H,4-5,7H2,1H3,(H,16,18). The van der Waals surface area contributed by atoms with Gasteiger partial charge in [0.05, 0.1) is 0 Å². The van der Waals surface area contributed by atoms with Crippen LogP contribution in [0, 0.1) is 0 Å². The summed E-state index contributed by atoms with van der Waals surface area (Å²) in [7, 11) is 0. The van der Waals surface area contributed by atoms with Crippen LogP contribution in [0.4, 0.5) is 0 Å². The molecule has 2 unspecified atom stereocenters. The van der Waals surface area contributed by atoms with Crippen LogP contribution in [0.2, 0.25) is 5.02 Å². The number of rotatable bonds is 1. The summed E-state index contributed by atoms with van der Waals surface area (Å²) >= 11 is 5.94. The molecule has 0 radical (unpaired) electrons. The van der Waals surface area contributed by atoms with Crippen molar-refractivity contribution in [1.29, 1.82) is 0 Å². The lowest BCUT2D eigenvalue weighted by molar-refractivity contribution is -0.147. The van der Waals surface area contributed by atoms with Crippen molar-refractivity contribution in [2.45, 2.75) is 25.5 Å². The lowest BCUT2D eigenvalue weighted by Gasteiger charge is -2.34. The van der Waals surface area contributed by atoms with E-state index in [2.05, 4.69) is 5.32 Å². The first-order valence-corrected chi connectivity index (χ1v) is 6.97. The van der Waals surface area contributed by atoms with Gasteiger partial charge in [-0.3, -0.25) is 9.59 Å². The second kappa shape index (κ2) is 4.98. The lowest BCUT2D eigenvalue weighted by Crippen LogP contribution is -2.58. The molecule has 0 aromatic heterocycles. The van der Waals surface area contributed by atoms with Crippen LogP contribution in [0.5, 0.6) is 5.75 Å². The second-order valence-corrected chi connectivity index (χ2v) is 5.50. The molecule has 2 aliphatic rings. The van der Waals surface area contributed by atoms with E-state index < -0.39 is 12.1 Å². The molecule has 0 saturated carbocycles. The van der Waals surface area contributed by atoms with E-state index in [-0.39, 0.29) is 11.8 Å².